The molecule has 0 aliphatic carbocycles. The van der Waals surface area contributed by atoms with E-state index in [0.29, 0.717) is 5.69 Å². The standard InChI is InChI=1S/C24H27FN4O4/c1-24(2,3)33-23(31)27-11-12-32-15-21(30)20-13-17(9-10-26-20)19-14-29(4)28-22(19)16-5-7-18(25)8-6-16/h5-10,13-14H,11-12,15H2,1-4H3,(H,27,31). The van der Waals surface area contributed by atoms with Gasteiger partial charge in [-0.1, -0.05) is 0 Å². The van der Waals surface area contributed by atoms with Gasteiger partial charge in [0.25, 0.3) is 0 Å². The summed E-state index contributed by atoms with van der Waals surface area (Å²) in [5.74, 6) is -0.615. The summed E-state index contributed by atoms with van der Waals surface area (Å²) >= 11 is 0. The molecule has 9 heteroatoms. The first-order valence-electron chi connectivity index (χ1n) is 10.5. The highest BCUT2D eigenvalue weighted by Crippen LogP contribution is 2.31. The van der Waals surface area contributed by atoms with Crippen molar-refractivity contribution in [2.24, 2.45) is 7.05 Å². The highest BCUT2D eigenvalue weighted by molar-refractivity contribution is 5.96. The summed E-state index contributed by atoms with van der Waals surface area (Å²) in [4.78, 5) is 28.3. The zero-order chi connectivity index (χ0) is 24.0. The van der Waals surface area contributed by atoms with E-state index in [9.17, 15) is 14.0 Å². The van der Waals surface area contributed by atoms with Crippen LogP contribution in [0.2, 0.25) is 0 Å². The number of carbonyl (C=O) groups is 2. The highest BCUT2D eigenvalue weighted by atomic mass is 19.1. The van der Waals surface area contributed by atoms with Crippen molar-refractivity contribution in [2.45, 2.75) is 26.4 Å². The number of hydrogen-bond acceptors (Lipinski definition) is 6. The molecule has 0 saturated heterocycles. The van der Waals surface area contributed by atoms with Crippen LogP contribution in [0.25, 0.3) is 22.4 Å². The molecule has 0 unspecified atom stereocenters. The van der Waals surface area contributed by atoms with E-state index in [2.05, 4.69) is 15.4 Å². The van der Waals surface area contributed by atoms with Crippen LogP contribution in [-0.2, 0) is 16.5 Å². The number of pyridine rings is 1. The molecule has 0 bridgehead atoms. The number of aromatic nitrogens is 3. The summed E-state index contributed by atoms with van der Waals surface area (Å²) < 4.78 is 25.5. The molecule has 1 amide bonds. The van der Waals surface area contributed by atoms with Crippen molar-refractivity contribution in [1.82, 2.24) is 20.1 Å². The lowest BCUT2D eigenvalue weighted by molar-refractivity contribution is 0.0497. The van der Waals surface area contributed by atoms with Crippen molar-refractivity contribution in [1.29, 1.82) is 0 Å². The predicted molar refractivity (Wildman–Crippen MR) is 121 cm³/mol. The van der Waals surface area contributed by atoms with Gasteiger partial charge in [-0.25, -0.2) is 9.18 Å². The van der Waals surface area contributed by atoms with Crippen LogP contribution in [0, 0.1) is 5.82 Å². The number of benzene rings is 1. The van der Waals surface area contributed by atoms with Gasteiger partial charge in [0.05, 0.1) is 6.61 Å². The molecule has 2 heterocycles. The van der Waals surface area contributed by atoms with Crippen LogP contribution in [0.3, 0.4) is 0 Å². The van der Waals surface area contributed by atoms with Gasteiger partial charge in [-0.3, -0.25) is 14.5 Å². The molecule has 3 rings (SSSR count). The lowest BCUT2D eigenvalue weighted by Crippen LogP contribution is -2.34. The van der Waals surface area contributed by atoms with Gasteiger partial charge in [-0.2, -0.15) is 5.10 Å². The van der Waals surface area contributed by atoms with E-state index >= 15 is 0 Å². The Morgan fingerprint density at radius 2 is 1.85 bits per heavy atom. The maximum Gasteiger partial charge on any atom is 0.407 e. The molecule has 174 valence electrons. The Morgan fingerprint density at radius 3 is 2.55 bits per heavy atom. The van der Waals surface area contributed by atoms with Crippen LogP contribution in [0.1, 0.15) is 31.3 Å². The number of ether oxygens (including phenoxy) is 2. The van der Waals surface area contributed by atoms with E-state index in [1.54, 1.807) is 63.0 Å². The summed E-state index contributed by atoms with van der Waals surface area (Å²) in [7, 11) is 1.79. The average Bonchev–Trinajstić information content (AvgIpc) is 3.14. The lowest BCUT2D eigenvalue weighted by Gasteiger charge is -2.19. The van der Waals surface area contributed by atoms with E-state index < -0.39 is 11.7 Å². The molecule has 0 atom stereocenters. The van der Waals surface area contributed by atoms with Crippen molar-refractivity contribution < 1.29 is 23.5 Å². The van der Waals surface area contributed by atoms with E-state index in [1.165, 1.54) is 12.1 Å². The third-order valence-corrected chi connectivity index (χ3v) is 4.45. The average molecular weight is 455 g/mol. The van der Waals surface area contributed by atoms with Gasteiger partial charge in [-0.05, 0) is 62.7 Å². The minimum atomic E-state index is -0.581. The Kier molecular flexibility index (Phi) is 7.55. The van der Waals surface area contributed by atoms with Crippen LogP contribution in [0.5, 0.6) is 0 Å². The Morgan fingerprint density at radius 1 is 1.12 bits per heavy atom. The van der Waals surface area contributed by atoms with Gasteiger partial charge in [0.2, 0.25) is 5.78 Å². The lowest BCUT2D eigenvalue weighted by atomic mass is 10.0. The first-order chi connectivity index (χ1) is 15.6. The van der Waals surface area contributed by atoms with Crippen molar-refractivity contribution in [3.05, 3.63) is 60.3 Å². The Bertz CT molecular complexity index is 1120. The number of Topliss-reactive ketones (excluding diaryl/α,β-unsaturated/α-hetero) is 1. The van der Waals surface area contributed by atoms with E-state index in [0.717, 1.165) is 16.7 Å². The third kappa shape index (κ3) is 6.95. The number of aryl methyl sites for hydroxylation is 1. The van der Waals surface area contributed by atoms with E-state index in [-0.39, 0.29) is 37.1 Å². The Hall–Kier alpha value is -3.59. The molecule has 0 spiro atoms. The van der Waals surface area contributed by atoms with Crippen LogP contribution < -0.4 is 5.32 Å². The smallest absolute Gasteiger partial charge is 0.407 e. The minimum Gasteiger partial charge on any atom is -0.444 e. The van der Waals surface area contributed by atoms with E-state index in [4.69, 9.17) is 9.47 Å². The normalized spacial score (nSPS) is 11.3. The molecule has 0 aliphatic heterocycles. The molecule has 8 nitrogen and oxygen atoms in total. The molecule has 3 aromatic rings. The fourth-order valence-corrected chi connectivity index (χ4v) is 3.05. The number of amides is 1. The zero-order valence-electron chi connectivity index (χ0n) is 19.1. The van der Waals surface area contributed by atoms with Crippen molar-refractivity contribution >= 4 is 11.9 Å². The minimum absolute atomic E-state index is 0.155. The number of carbonyl (C=O) groups excluding carboxylic acids is 2. The number of alkyl carbamates (subject to hydrolysis) is 1. The monoisotopic (exact) mass is 454 g/mol. The summed E-state index contributed by atoms with van der Waals surface area (Å²) in [6.45, 7) is 5.52. The second kappa shape index (κ2) is 10.4. The zero-order valence-corrected chi connectivity index (χ0v) is 19.1. The molecule has 0 fully saturated rings. The van der Waals surface area contributed by atoms with Crippen molar-refractivity contribution in [2.75, 3.05) is 19.8 Å². The summed E-state index contributed by atoms with van der Waals surface area (Å²) in [6.07, 6.45) is 2.84. The SMILES string of the molecule is Cn1cc(-c2ccnc(C(=O)COCCNC(=O)OC(C)(C)C)c2)c(-c2ccc(F)cc2)n1. The molecular weight excluding hydrogens is 427 g/mol. The molecule has 2 aromatic heterocycles. The van der Waals surface area contributed by atoms with Gasteiger partial charge in [0, 0.05) is 37.1 Å². The molecule has 1 aromatic carbocycles. The Balaban J connectivity index is 1.62. The summed E-state index contributed by atoms with van der Waals surface area (Å²) in [6, 6.07) is 9.54. The van der Waals surface area contributed by atoms with Crippen LogP contribution in [0.15, 0.2) is 48.8 Å². The number of rotatable bonds is 8. The quantitative estimate of drug-likeness (QED) is 0.408. The predicted octanol–water partition coefficient (Wildman–Crippen LogP) is 4.01. The number of nitrogens with one attached hydrogen (secondary N) is 1. The number of ketones is 1. The molecule has 33 heavy (non-hydrogen) atoms. The fourth-order valence-electron chi connectivity index (χ4n) is 3.05. The van der Waals surface area contributed by atoms with Crippen molar-refractivity contribution in [3.8, 4) is 22.4 Å². The second-order valence-electron chi connectivity index (χ2n) is 8.41. The maximum absolute atomic E-state index is 13.3. The van der Waals surface area contributed by atoms with Gasteiger partial charge in [0.15, 0.2) is 0 Å². The van der Waals surface area contributed by atoms with Gasteiger partial charge in [-0.15, -0.1) is 0 Å². The first kappa shape index (κ1) is 24.1. The number of halogens is 1. The van der Waals surface area contributed by atoms with Gasteiger partial charge < -0.3 is 14.8 Å². The largest absolute Gasteiger partial charge is 0.444 e. The van der Waals surface area contributed by atoms with Crippen LogP contribution in [0.4, 0.5) is 9.18 Å². The van der Waals surface area contributed by atoms with Crippen LogP contribution >= 0.6 is 0 Å². The van der Waals surface area contributed by atoms with Crippen LogP contribution in [-0.4, -0.2) is 52.0 Å². The first-order valence-corrected chi connectivity index (χ1v) is 10.5. The van der Waals surface area contributed by atoms with E-state index in [1.807, 2.05) is 6.20 Å². The Labute approximate surface area is 191 Å². The molecule has 0 aliphatic rings. The van der Waals surface area contributed by atoms with Crippen molar-refractivity contribution in [3.63, 3.8) is 0 Å². The van der Waals surface area contributed by atoms with Gasteiger partial charge >= 0.3 is 6.09 Å². The molecule has 0 radical (unpaired) electrons. The summed E-state index contributed by atoms with van der Waals surface area (Å²) in [5, 5.41) is 7.05. The number of nitrogens with zero attached hydrogens (tertiary/aromatic N) is 3. The maximum atomic E-state index is 13.3. The topological polar surface area (TPSA) is 95.3 Å². The molecule has 1 N–H and O–H groups in total. The third-order valence-electron chi connectivity index (χ3n) is 4.45. The van der Waals surface area contributed by atoms with Gasteiger partial charge in [0.1, 0.15) is 29.4 Å². The fraction of sp³-hybridized carbons (Fsp3) is 0.333. The summed E-state index contributed by atoms with van der Waals surface area (Å²) in [5.41, 5.74) is 2.66. The highest BCUT2D eigenvalue weighted by Gasteiger charge is 2.17. The second-order valence-corrected chi connectivity index (χ2v) is 8.41. The molecular formula is C24H27FN4O4. The molecule has 0 saturated carbocycles. The number of hydrogen-bond donors (Lipinski definition) is 1.